The molecular formula is C15H26N4O. The molecule has 0 saturated carbocycles. The topological polar surface area (TPSA) is 64.2 Å². The first-order chi connectivity index (χ1) is 9.71. The molecule has 1 aliphatic rings. The Morgan fingerprint density at radius 2 is 2.20 bits per heavy atom. The van der Waals surface area contributed by atoms with Gasteiger partial charge in [0.2, 0.25) is 0 Å². The first-order valence-corrected chi connectivity index (χ1v) is 7.79. The number of aryl methyl sites for hydroxylation is 2. The fraction of sp³-hybridized carbons (Fsp3) is 0.733. The van der Waals surface area contributed by atoms with E-state index in [-0.39, 0.29) is 11.9 Å². The fourth-order valence-corrected chi connectivity index (χ4v) is 2.89. The zero-order chi connectivity index (χ0) is 14.5. The van der Waals surface area contributed by atoms with Crippen LogP contribution >= 0.6 is 0 Å². The Morgan fingerprint density at radius 3 is 2.85 bits per heavy atom. The molecule has 1 fully saturated rings. The first-order valence-electron chi connectivity index (χ1n) is 7.79. The number of nitrogens with two attached hydrogens (primary N) is 1. The van der Waals surface area contributed by atoms with Crippen LogP contribution in [0.3, 0.4) is 0 Å². The highest BCUT2D eigenvalue weighted by molar-refractivity contribution is 5.93. The van der Waals surface area contributed by atoms with E-state index in [0.29, 0.717) is 12.2 Å². The van der Waals surface area contributed by atoms with Crippen molar-refractivity contribution in [1.29, 1.82) is 0 Å². The van der Waals surface area contributed by atoms with Crippen LogP contribution in [0, 0.1) is 0 Å². The largest absolute Gasteiger partial charge is 0.333 e. The second kappa shape index (κ2) is 6.88. The molecule has 0 aliphatic carbocycles. The van der Waals surface area contributed by atoms with E-state index in [0.717, 1.165) is 38.0 Å². The molecule has 1 unspecified atom stereocenters. The van der Waals surface area contributed by atoms with Crippen molar-refractivity contribution < 1.29 is 4.79 Å². The molecule has 5 heteroatoms. The van der Waals surface area contributed by atoms with Gasteiger partial charge < -0.3 is 10.6 Å². The summed E-state index contributed by atoms with van der Waals surface area (Å²) in [6, 6.07) is 2.11. The fourth-order valence-electron chi connectivity index (χ4n) is 2.89. The second-order valence-electron chi connectivity index (χ2n) is 5.43. The normalized spacial score (nSPS) is 19.9. The second-order valence-corrected chi connectivity index (χ2v) is 5.43. The maximum absolute atomic E-state index is 12.8. The lowest BCUT2D eigenvalue weighted by Crippen LogP contribution is -2.44. The maximum Gasteiger partial charge on any atom is 0.272 e. The van der Waals surface area contributed by atoms with Gasteiger partial charge in [-0.15, -0.1) is 0 Å². The standard InChI is InChI=1S/C15H26N4O/c1-3-12-10-14(19(4-2)17-12)15(20)18-9-7-5-6-8-13(18)11-16/h10,13H,3-9,11,16H2,1-2H3. The van der Waals surface area contributed by atoms with Crippen LogP contribution in [0.25, 0.3) is 0 Å². The van der Waals surface area contributed by atoms with E-state index < -0.39 is 0 Å². The van der Waals surface area contributed by atoms with Crippen LogP contribution in [0.2, 0.25) is 0 Å². The molecule has 1 aromatic rings. The number of carbonyl (C=O) groups excluding carboxylic acids is 1. The molecule has 2 N–H and O–H groups in total. The number of amides is 1. The summed E-state index contributed by atoms with van der Waals surface area (Å²) in [7, 11) is 0. The molecule has 20 heavy (non-hydrogen) atoms. The van der Waals surface area contributed by atoms with E-state index in [1.807, 2.05) is 22.6 Å². The highest BCUT2D eigenvalue weighted by Gasteiger charge is 2.27. The molecule has 112 valence electrons. The SMILES string of the molecule is CCc1cc(C(=O)N2CCCCCC2CN)n(CC)n1. The van der Waals surface area contributed by atoms with Crippen molar-refractivity contribution >= 4 is 5.91 Å². The summed E-state index contributed by atoms with van der Waals surface area (Å²) in [5.41, 5.74) is 7.56. The summed E-state index contributed by atoms with van der Waals surface area (Å²) in [4.78, 5) is 14.8. The number of aromatic nitrogens is 2. The third-order valence-corrected chi connectivity index (χ3v) is 4.12. The Hall–Kier alpha value is -1.36. The van der Waals surface area contributed by atoms with E-state index in [1.54, 1.807) is 0 Å². The summed E-state index contributed by atoms with van der Waals surface area (Å²) in [5, 5.41) is 4.48. The van der Waals surface area contributed by atoms with Gasteiger partial charge in [-0.3, -0.25) is 9.48 Å². The van der Waals surface area contributed by atoms with Gasteiger partial charge in [-0.1, -0.05) is 19.8 Å². The van der Waals surface area contributed by atoms with E-state index in [2.05, 4.69) is 12.0 Å². The maximum atomic E-state index is 12.8. The third-order valence-electron chi connectivity index (χ3n) is 4.12. The molecule has 0 bridgehead atoms. The summed E-state index contributed by atoms with van der Waals surface area (Å²) >= 11 is 0. The Bertz CT molecular complexity index is 455. The van der Waals surface area contributed by atoms with E-state index in [4.69, 9.17) is 5.73 Å². The van der Waals surface area contributed by atoms with Gasteiger partial charge >= 0.3 is 0 Å². The van der Waals surface area contributed by atoms with Gasteiger partial charge in [-0.25, -0.2) is 0 Å². The van der Waals surface area contributed by atoms with Gasteiger partial charge in [0.1, 0.15) is 5.69 Å². The number of carbonyl (C=O) groups is 1. The number of rotatable bonds is 4. The number of nitrogens with zero attached hydrogens (tertiary/aromatic N) is 3. The van der Waals surface area contributed by atoms with E-state index >= 15 is 0 Å². The molecule has 0 radical (unpaired) electrons. The summed E-state index contributed by atoms with van der Waals surface area (Å²) in [6.07, 6.45) is 5.30. The van der Waals surface area contributed by atoms with Crippen LogP contribution in [0.5, 0.6) is 0 Å². The van der Waals surface area contributed by atoms with E-state index in [9.17, 15) is 4.79 Å². The number of hydrogen-bond donors (Lipinski definition) is 1. The Labute approximate surface area is 121 Å². The van der Waals surface area contributed by atoms with Gasteiger partial charge in [0.15, 0.2) is 0 Å². The third kappa shape index (κ3) is 3.03. The average Bonchev–Trinajstić information content (AvgIpc) is 2.75. The van der Waals surface area contributed by atoms with Crippen LogP contribution in [0.15, 0.2) is 6.07 Å². The van der Waals surface area contributed by atoms with Crippen LogP contribution < -0.4 is 5.73 Å². The van der Waals surface area contributed by atoms with Crippen LogP contribution in [0.1, 0.15) is 55.7 Å². The molecule has 1 amide bonds. The molecule has 0 aromatic carbocycles. The van der Waals surface area contributed by atoms with Crippen LogP contribution in [-0.2, 0) is 13.0 Å². The molecule has 2 heterocycles. The summed E-state index contributed by atoms with van der Waals surface area (Å²) in [6.45, 7) is 6.17. The van der Waals surface area contributed by atoms with E-state index in [1.165, 1.54) is 12.8 Å². The predicted octanol–water partition coefficient (Wildman–Crippen LogP) is 1.81. The van der Waals surface area contributed by atoms with Crippen molar-refractivity contribution in [2.75, 3.05) is 13.1 Å². The van der Waals surface area contributed by atoms with Gasteiger partial charge in [0, 0.05) is 25.7 Å². The smallest absolute Gasteiger partial charge is 0.272 e. The Kier molecular flexibility index (Phi) is 5.17. The van der Waals surface area contributed by atoms with Crippen molar-refractivity contribution in [2.45, 2.75) is 58.5 Å². The average molecular weight is 278 g/mol. The molecule has 1 aromatic heterocycles. The van der Waals surface area contributed by atoms with Gasteiger partial charge in [0.05, 0.1) is 5.69 Å². The van der Waals surface area contributed by atoms with Crippen molar-refractivity contribution in [3.63, 3.8) is 0 Å². The Morgan fingerprint density at radius 1 is 1.40 bits per heavy atom. The summed E-state index contributed by atoms with van der Waals surface area (Å²) in [5.74, 6) is 0.0939. The zero-order valence-electron chi connectivity index (χ0n) is 12.6. The zero-order valence-corrected chi connectivity index (χ0v) is 12.6. The molecule has 2 rings (SSSR count). The van der Waals surface area contributed by atoms with Crippen molar-refractivity contribution in [3.8, 4) is 0 Å². The molecule has 1 atom stereocenters. The monoisotopic (exact) mass is 278 g/mol. The highest BCUT2D eigenvalue weighted by atomic mass is 16.2. The minimum atomic E-state index is 0.0939. The molecular weight excluding hydrogens is 252 g/mol. The quantitative estimate of drug-likeness (QED) is 0.913. The lowest BCUT2D eigenvalue weighted by molar-refractivity contribution is 0.0676. The minimum Gasteiger partial charge on any atom is -0.333 e. The van der Waals surface area contributed by atoms with Crippen LogP contribution in [-0.4, -0.2) is 39.7 Å². The van der Waals surface area contributed by atoms with Crippen molar-refractivity contribution in [3.05, 3.63) is 17.5 Å². The van der Waals surface area contributed by atoms with Gasteiger partial charge in [-0.05, 0) is 32.3 Å². The molecule has 1 aliphatic heterocycles. The molecule has 5 nitrogen and oxygen atoms in total. The van der Waals surface area contributed by atoms with Crippen molar-refractivity contribution in [1.82, 2.24) is 14.7 Å². The minimum absolute atomic E-state index is 0.0939. The predicted molar refractivity (Wildman–Crippen MR) is 79.6 cm³/mol. The summed E-state index contributed by atoms with van der Waals surface area (Å²) < 4.78 is 1.82. The number of hydrogen-bond acceptors (Lipinski definition) is 3. The first kappa shape index (κ1) is 15.0. The van der Waals surface area contributed by atoms with Crippen molar-refractivity contribution in [2.24, 2.45) is 5.73 Å². The van der Waals surface area contributed by atoms with Gasteiger partial charge in [-0.2, -0.15) is 5.10 Å². The van der Waals surface area contributed by atoms with Gasteiger partial charge in [0.25, 0.3) is 5.91 Å². The Balaban J connectivity index is 2.26. The number of likely N-dealkylation sites (tertiary alicyclic amines) is 1. The van der Waals surface area contributed by atoms with Crippen LogP contribution in [0.4, 0.5) is 0 Å². The lowest BCUT2D eigenvalue weighted by atomic mass is 10.1. The highest BCUT2D eigenvalue weighted by Crippen LogP contribution is 2.19. The molecule has 1 saturated heterocycles. The molecule has 0 spiro atoms. The lowest BCUT2D eigenvalue weighted by Gasteiger charge is -2.29.